The van der Waals surface area contributed by atoms with E-state index in [0.29, 0.717) is 29.3 Å². The van der Waals surface area contributed by atoms with Gasteiger partial charge < -0.3 is 14.9 Å². The second-order valence-electron chi connectivity index (χ2n) is 5.91. The summed E-state index contributed by atoms with van der Waals surface area (Å²) in [5, 5.41) is 16.5. The predicted octanol–water partition coefficient (Wildman–Crippen LogP) is 3.17. The number of nitrogens with one attached hydrogen (secondary N) is 1. The highest BCUT2D eigenvalue weighted by Crippen LogP contribution is 2.18. The molecule has 3 aromatic rings. The van der Waals surface area contributed by atoms with Gasteiger partial charge in [0.15, 0.2) is 5.82 Å². The van der Waals surface area contributed by atoms with Gasteiger partial charge in [0, 0.05) is 12.0 Å². The van der Waals surface area contributed by atoms with E-state index in [-0.39, 0.29) is 11.7 Å². The zero-order chi connectivity index (χ0) is 17.8. The summed E-state index contributed by atoms with van der Waals surface area (Å²) in [6.45, 7) is 3.54. The summed E-state index contributed by atoms with van der Waals surface area (Å²) >= 11 is 0. The summed E-state index contributed by atoms with van der Waals surface area (Å²) in [5.41, 5.74) is 2.17. The molecule has 0 saturated heterocycles. The molecule has 128 valence electrons. The first kappa shape index (κ1) is 16.7. The molecule has 0 aliphatic heterocycles. The van der Waals surface area contributed by atoms with E-state index >= 15 is 0 Å². The molecule has 0 bridgehead atoms. The molecule has 0 spiro atoms. The van der Waals surface area contributed by atoms with Crippen molar-refractivity contribution in [3.05, 3.63) is 76.9 Å². The molecule has 0 radical (unpaired) electrons. The van der Waals surface area contributed by atoms with Gasteiger partial charge in [0.2, 0.25) is 5.89 Å². The molecule has 2 N–H and O–H groups in total. The van der Waals surface area contributed by atoms with Crippen molar-refractivity contribution in [2.24, 2.45) is 0 Å². The zero-order valence-electron chi connectivity index (χ0n) is 14.1. The van der Waals surface area contributed by atoms with Crippen LogP contribution in [0.25, 0.3) is 0 Å². The topological polar surface area (TPSA) is 88.3 Å². The minimum Gasteiger partial charge on any atom is -0.508 e. The standard InChI is InChI=1S/C19H19N3O3/c1-12-8-9-15(11-16(12)23)18(24)20-13(2)19-21-17(22-25-19)10-14-6-4-3-5-7-14/h3-9,11,13,23H,10H2,1-2H3,(H,20,24)/t13-/m1/s1. The monoisotopic (exact) mass is 337 g/mol. The number of aromatic nitrogens is 2. The van der Waals surface area contributed by atoms with Crippen molar-refractivity contribution in [2.45, 2.75) is 26.3 Å². The quantitative estimate of drug-likeness (QED) is 0.746. The molecule has 0 fully saturated rings. The molecule has 3 rings (SSSR count). The Labute approximate surface area is 145 Å². The van der Waals surface area contributed by atoms with Crippen molar-refractivity contribution < 1.29 is 14.4 Å². The van der Waals surface area contributed by atoms with Crippen LogP contribution >= 0.6 is 0 Å². The molecule has 25 heavy (non-hydrogen) atoms. The van der Waals surface area contributed by atoms with E-state index in [2.05, 4.69) is 15.5 Å². The number of carbonyl (C=O) groups excluding carboxylic acids is 1. The van der Waals surface area contributed by atoms with Gasteiger partial charge in [0.1, 0.15) is 11.8 Å². The first-order valence-electron chi connectivity index (χ1n) is 8.00. The average molecular weight is 337 g/mol. The second-order valence-corrected chi connectivity index (χ2v) is 5.91. The number of phenolic OH excluding ortho intramolecular Hbond substituents is 1. The fourth-order valence-electron chi connectivity index (χ4n) is 2.39. The van der Waals surface area contributed by atoms with Gasteiger partial charge in [0.25, 0.3) is 5.91 Å². The Balaban J connectivity index is 1.66. The van der Waals surface area contributed by atoms with Gasteiger partial charge in [-0.3, -0.25) is 4.79 Å². The van der Waals surface area contributed by atoms with Crippen LogP contribution in [-0.4, -0.2) is 21.2 Å². The third-order valence-corrected chi connectivity index (χ3v) is 3.88. The Kier molecular flexibility index (Phi) is 4.79. The number of aryl methyl sites for hydroxylation is 1. The van der Waals surface area contributed by atoms with Crippen LogP contribution in [0.4, 0.5) is 0 Å². The van der Waals surface area contributed by atoms with Gasteiger partial charge in [-0.15, -0.1) is 0 Å². The van der Waals surface area contributed by atoms with Crippen molar-refractivity contribution in [2.75, 3.05) is 0 Å². The van der Waals surface area contributed by atoms with Crippen molar-refractivity contribution in [3.63, 3.8) is 0 Å². The highest BCUT2D eigenvalue weighted by Gasteiger charge is 2.18. The number of benzene rings is 2. The van der Waals surface area contributed by atoms with Crippen LogP contribution in [0.2, 0.25) is 0 Å². The molecule has 6 nitrogen and oxygen atoms in total. The lowest BCUT2D eigenvalue weighted by Crippen LogP contribution is -2.26. The van der Waals surface area contributed by atoms with Crippen molar-refractivity contribution >= 4 is 5.91 Å². The Bertz CT molecular complexity index is 875. The van der Waals surface area contributed by atoms with Crippen LogP contribution in [0.15, 0.2) is 53.1 Å². The third kappa shape index (κ3) is 4.03. The number of phenols is 1. The fourth-order valence-corrected chi connectivity index (χ4v) is 2.39. The van der Waals surface area contributed by atoms with E-state index in [0.717, 1.165) is 5.56 Å². The summed E-state index contributed by atoms with van der Waals surface area (Å²) in [6.07, 6.45) is 0.566. The summed E-state index contributed by atoms with van der Waals surface area (Å²) in [7, 11) is 0. The number of nitrogens with zero attached hydrogens (tertiary/aromatic N) is 2. The number of hydrogen-bond acceptors (Lipinski definition) is 5. The van der Waals surface area contributed by atoms with Crippen LogP contribution in [-0.2, 0) is 6.42 Å². The average Bonchev–Trinajstić information content (AvgIpc) is 3.07. The second kappa shape index (κ2) is 7.17. The fraction of sp³-hybridized carbons (Fsp3) is 0.211. The van der Waals surface area contributed by atoms with Crippen LogP contribution in [0.5, 0.6) is 5.75 Å². The van der Waals surface area contributed by atoms with Gasteiger partial charge in [0.05, 0.1) is 0 Å². The first-order chi connectivity index (χ1) is 12.0. The molecule has 0 saturated carbocycles. The van der Waals surface area contributed by atoms with Gasteiger partial charge in [-0.1, -0.05) is 41.6 Å². The predicted molar refractivity (Wildman–Crippen MR) is 92.3 cm³/mol. The van der Waals surface area contributed by atoms with E-state index in [1.165, 1.54) is 6.07 Å². The molecule has 1 amide bonds. The molecule has 6 heteroatoms. The zero-order valence-corrected chi connectivity index (χ0v) is 14.1. The number of carbonyl (C=O) groups is 1. The Morgan fingerprint density at radius 2 is 2.00 bits per heavy atom. The maximum atomic E-state index is 12.3. The van der Waals surface area contributed by atoms with Crippen molar-refractivity contribution in [1.82, 2.24) is 15.5 Å². The SMILES string of the molecule is Cc1ccc(C(=O)N[C@H](C)c2nc(Cc3ccccc3)no2)cc1O. The van der Waals surface area contributed by atoms with E-state index in [1.54, 1.807) is 26.0 Å². The maximum absolute atomic E-state index is 12.3. The Hall–Kier alpha value is -3.15. The summed E-state index contributed by atoms with van der Waals surface area (Å²) in [5.74, 6) is 0.680. The molecule has 2 aromatic carbocycles. The lowest BCUT2D eigenvalue weighted by Gasteiger charge is -2.10. The molecule has 0 aliphatic rings. The largest absolute Gasteiger partial charge is 0.508 e. The number of aromatic hydroxyl groups is 1. The maximum Gasteiger partial charge on any atom is 0.252 e. The molecule has 1 heterocycles. The van der Waals surface area contributed by atoms with Gasteiger partial charge in [-0.2, -0.15) is 4.98 Å². The summed E-state index contributed by atoms with van der Waals surface area (Å²) in [4.78, 5) is 16.6. The lowest BCUT2D eigenvalue weighted by atomic mass is 10.1. The van der Waals surface area contributed by atoms with E-state index in [1.807, 2.05) is 30.3 Å². The van der Waals surface area contributed by atoms with Crippen molar-refractivity contribution in [3.8, 4) is 5.75 Å². The molecule has 1 atom stereocenters. The van der Waals surface area contributed by atoms with Crippen molar-refractivity contribution in [1.29, 1.82) is 0 Å². The van der Waals surface area contributed by atoms with Crippen LogP contribution < -0.4 is 5.32 Å². The molecule has 1 aromatic heterocycles. The number of rotatable bonds is 5. The van der Waals surface area contributed by atoms with Crippen LogP contribution in [0.1, 0.15) is 46.2 Å². The van der Waals surface area contributed by atoms with E-state index in [4.69, 9.17) is 4.52 Å². The van der Waals surface area contributed by atoms with Gasteiger partial charge in [-0.25, -0.2) is 0 Å². The molecular weight excluding hydrogens is 318 g/mol. The minimum atomic E-state index is -0.437. The Morgan fingerprint density at radius 1 is 1.24 bits per heavy atom. The van der Waals surface area contributed by atoms with Gasteiger partial charge >= 0.3 is 0 Å². The third-order valence-electron chi connectivity index (χ3n) is 3.88. The van der Waals surface area contributed by atoms with Crippen LogP contribution in [0, 0.1) is 6.92 Å². The molecular formula is C19H19N3O3. The normalized spacial score (nSPS) is 11.9. The van der Waals surface area contributed by atoms with E-state index in [9.17, 15) is 9.90 Å². The van der Waals surface area contributed by atoms with Gasteiger partial charge in [-0.05, 0) is 37.1 Å². The number of hydrogen-bond donors (Lipinski definition) is 2. The smallest absolute Gasteiger partial charge is 0.252 e. The van der Waals surface area contributed by atoms with E-state index < -0.39 is 6.04 Å². The Morgan fingerprint density at radius 3 is 2.72 bits per heavy atom. The molecule has 0 aliphatic carbocycles. The molecule has 0 unspecified atom stereocenters. The summed E-state index contributed by atoms with van der Waals surface area (Å²) in [6, 6.07) is 14.2. The highest BCUT2D eigenvalue weighted by atomic mass is 16.5. The number of amides is 1. The minimum absolute atomic E-state index is 0.0863. The first-order valence-corrected chi connectivity index (χ1v) is 8.00. The lowest BCUT2D eigenvalue weighted by molar-refractivity contribution is 0.0932. The summed E-state index contributed by atoms with van der Waals surface area (Å²) < 4.78 is 5.25. The van der Waals surface area contributed by atoms with Crippen LogP contribution in [0.3, 0.4) is 0 Å². The highest BCUT2D eigenvalue weighted by molar-refractivity contribution is 5.94.